The highest BCUT2D eigenvalue weighted by Crippen LogP contribution is 2.52. The van der Waals surface area contributed by atoms with Crippen LogP contribution in [0.5, 0.6) is 0 Å². The molecule has 2 aromatic rings. The van der Waals surface area contributed by atoms with Crippen molar-refractivity contribution in [2.45, 2.75) is 56.4 Å². The lowest BCUT2D eigenvalue weighted by molar-refractivity contribution is -0.145. The van der Waals surface area contributed by atoms with Gasteiger partial charge in [-0.3, -0.25) is 9.59 Å². The van der Waals surface area contributed by atoms with Crippen molar-refractivity contribution < 1.29 is 14.7 Å². The van der Waals surface area contributed by atoms with Gasteiger partial charge in [-0.1, -0.05) is 17.7 Å². The topological polar surface area (TPSA) is 95.4 Å². The molecule has 2 atom stereocenters. The number of rotatable bonds is 9. The fourth-order valence-corrected chi connectivity index (χ4v) is 6.77. The number of carbonyl (C=O) groups is 2. The van der Waals surface area contributed by atoms with Crippen LogP contribution in [0.3, 0.4) is 0 Å². The minimum Gasteiger partial charge on any atom is -0.481 e. The maximum Gasteiger partial charge on any atom is 0.305 e. The number of allylic oxidation sites excluding steroid dienone is 2. The minimum absolute atomic E-state index is 0.0845. The molecule has 1 amide bonds. The fraction of sp³-hybridized carbons (Fsp3) is 0.500. The largest absolute Gasteiger partial charge is 0.481 e. The number of fused-ring (bicyclic) bond motifs is 1. The first-order valence-corrected chi connectivity index (χ1v) is 13.6. The van der Waals surface area contributed by atoms with E-state index in [2.05, 4.69) is 32.3 Å². The number of pyridine rings is 2. The second-order valence-corrected chi connectivity index (χ2v) is 12.5. The number of likely N-dealkylation sites (tertiary alicyclic amines) is 1. The number of nitrogens with zero attached hydrogens (tertiary/aromatic N) is 3. The van der Waals surface area contributed by atoms with Crippen molar-refractivity contribution in [2.75, 3.05) is 19.6 Å². The molecule has 2 N–H and O–H groups in total. The van der Waals surface area contributed by atoms with Crippen LogP contribution in [-0.2, 0) is 16.0 Å². The third-order valence-electron chi connectivity index (χ3n) is 7.68. The zero-order chi connectivity index (χ0) is 26.2. The van der Waals surface area contributed by atoms with Crippen molar-refractivity contribution in [3.63, 3.8) is 0 Å². The Morgan fingerprint density at radius 2 is 2.05 bits per heavy atom. The van der Waals surface area contributed by atoms with Crippen LogP contribution in [0.2, 0.25) is 0 Å². The Labute approximate surface area is 226 Å². The summed E-state index contributed by atoms with van der Waals surface area (Å²) in [5, 5.41) is 14.0. The smallest absolute Gasteiger partial charge is 0.305 e. The Hall–Kier alpha value is -2.48. The number of halogens is 2. The summed E-state index contributed by atoms with van der Waals surface area (Å²) < 4.78 is 0. The number of hydrogen-bond acceptors (Lipinski definition) is 5. The van der Waals surface area contributed by atoms with E-state index in [4.69, 9.17) is 23.2 Å². The van der Waals surface area contributed by atoms with Gasteiger partial charge in [-0.25, -0.2) is 9.97 Å². The summed E-state index contributed by atoms with van der Waals surface area (Å²) >= 11 is 12.7. The molecule has 2 aliphatic carbocycles. The second kappa shape index (κ2) is 10.4. The molecular formula is C28H32Cl2N4O3. The van der Waals surface area contributed by atoms with Crippen molar-refractivity contribution in [3.8, 4) is 0 Å². The van der Waals surface area contributed by atoms with E-state index < -0.39 is 16.9 Å². The van der Waals surface area contributed by atoms with Crippen LogP contribution in [0.1, 0.15) is 44.7 Å². The van der Waals surface area contributed by atoms with E-state index in [9.17, 15) is 14.7 Å². The number of carboxylic acids is 1. The Morgan fingerprint density at radius 1 is 1.27 bits per heavy atom. The van der Waals surface area contributed by atoms with E-state index in [0.717, 1.165) is 62.0 Å². The highest BCUT2D eigenvalue weighted by atomic mass is 35.5. The SMILES string of the molecule is CC1(Cl)C=C(C(CC(=O)O)NC(=O)C2CC3(C2)CN(CCCc2ccc4cccnc4n2)C3)C=C(Cl)C1. The van der Waals surface area contributed by atoms with Gasteiger partial charge >= 0.3 is 5.97 Å². The van der Waals surface area contributed by atoms with Crippen molar-refractivity contribution in [1.29, 1.82) is 0 Å². The van der Waals surface area contributed by atoms with E-state index in [1.54, 1.807) is 12.3 Å². The predicted molar refractivity (Wildman–Crippen MR) is 145 cm³/mol. The van der Waals surface area contributed by atoms with Crippen LogP contribution in [0, 0.1) is 11.3 Å². The van der Waals surface area contributed by atoms with Crippen molar-refractivity contribution in [3.05, 3.63) is 58.9 Å². The number of alkyl halides is 1. The average molecular weight is 543 g/mol. The molecule has 1 saturated carbocycles. The molecule has 1 aliphatic heterocycles. The molecule has 1 spiro atoms. The van der Waals surface area contributed by atoms with Crippen molar-refractivity contribution >= 4 is 46.1 Å². The number of nitrogens with one attached hydrogen (secondary N) is 1. The molecule has 3 heterocycles. The van der Waals surface area contributed by atoms with Crippen LogP contribution in [0.4, 0.5) is 0 Å². The summed E-state index contributed by atoms with van der Waals surface area (Å²) in [6.07, 6.45) is 9.22. The Bertz CT molecular complexity index is 1260. The highest BCUT2D eigenvalue weighted by Gasteiger charge is 2.54. The molecule has 0 aromatic carbocycles. The Kier molecular flexibility index (Phi) is 7.31. The van der Waals surface area contributed by atoms with E-state index in [0.29, 0.717) is 17.0 Å². The summed E-state index contributed by atoms with van der Waals surface area (Å²) in [5.74, 6) is -1.15. The summed E-state index contributed by atoms with van der Waals surface area (Å²) in [7, 11) is 0. The predicted octanol–water partition coefficient (Wildman–Crippen LogP) is 4.68. The van der Waals surface area contributed by atoms with Gasteiger partial charge in [-0.15, -0.1) is 11.6 Å². The first-order chi connectivity index (χ1) is 17.6. The molecule has 2 fully saturated rings. The van der Waals surface area contributed by atoms with Gasteiger partial charge in [0.15, 0.2) is 5.65 Å². The lowest BCUT2D eigenvalue weighted by atomic mass is 9.57. The third-order valence-corrected chi connectivity index (χ3v) is 8.17. The van der Waals surface area contributed by atoms with Gasteiger partial charge in [0.1, 0.15) is 0 Å². The molecule has 196 valence electrons. The molecular weight excluding hydrogens is 511 g/mol. The fourth-order valence-electron chi connectivity index (χ4n) is 6.02. The molecule has 0 bridgehead atoms. The standard InChI is InChI=1S/C28H32Cl2N4O3/c1-27(30)12-19(10-21(29)15-27)23(11-24(35)36)33-26(37)20-13-28(14-20)16-34(17-28)9-3-5-22-7-6-18-4-2-8-31-25(18)32-22/h2,4,6-8,10,12,20,23H,3,5,9,11,13-17H2,1H3,(H,33,37)(H,35,36). The zero-order valence-electron chi connectivity index (χ0n) is 20.9. The van der Waals surface area contributed by atoms with Crippen molar-refractivity contribution in [1.82, 2.24) is 20.2 Å². The van der Waals surface area contributed by atoms with E-state index in [-0.39, 0.29) is 23.7 Å². The normalized spacial score (nSPS) is 24.1. The molecule has 7 nitrogen and oxygen atoms in total. The number of carbonyl (C=O) groups excluding carboxylic acids is 1. The first-order valence-electron chi connectivity index (χ1n) is 12.8. The molecule has 37 heavy (non-hydrogen) atoms. The van der Waals surface area contributed by atoms with E-state index in [1.165, 1.54) is 0 Å². The highest BCUT2D eigenvalue weighted by molar-refractivity contribution is 6.32. The number of aliphatic carboxylic acids is 1. The summed E-state index contributed by atoms with van der Waals surface area (Å²) in [5.41, 5.74) is 2.74. The van der Waals surface area contributed by atoms with Crippen LogP contribution in [-0.4, -0.2) is 62.4 Å². The van der Waals surface area contributed by atoms with Crippen LogP contribution >= 0.6 is 23.2 Å². The lowest BCUT2D eigenvalue weighted by Gasteiger charge is -2.59. The second-order valence-electron chi connectivity index (χ2n) is 11.1. The monoisotopic (exact) mass is 542 g/mol. The molecule has 9 heteroatoms. The summed E-state index contributed by atoms with van der Waals surface area (Å²) in [6, 6.07) is 7.45. The molecule has 0 radical (unpaired) electrons. The zero-order valence-corrected chi connectivity index (χ0v) is 22.4. The molecule has 3 aliphatic rings. The van der Waals surface area contributed by atoms with Gasteiger partial charge in [0.2, 0.25) is 5.91 Å². The van der Waals surface area contributed by atoms with E-state index >= 15 is 0 Å². The lowest BCUT2D eigenvalue weighted by Crippen LogP contribution is -2.64. The number of carboxylic acid groups (broad SMARTS) is 1. The average Bonchev–Trinajstić information content (AvgIpc) is 2.77. The number of hydrogen-bond donors (Lipinski definition) is 2. The van der Waals surface area contributed by atoms with Gasteiger partial charge in [0.25, 0.3) is 0 Å². The quantitative estimate of drug-likeness (QED) is 0.446. The maximum atomic E-state index is 13.0. The van der Waals surface area contributed by atoms with Gasteiger partial charge in [-0.05, 0) is 80.5 Å². The van der Waals surface area contributed by atoms with Gasteiger partial charge in [-0.2, -0.15) is 0 Å². The maximum absolute atomic E-state index is 13.0. The Balaban J connectivity index is 1.07. The van der Waals surface area contributed by atoms with Crippen LogP contribution < -0.4 is 5.32 Å². The van der Waals surface area contributed by atoms with E-state index in [1.807, 2.05) is 25.1 Å². The van der Waals surface area contributed by atoms with Gasteiger partial charge in [0, 0.05) is 47.7 Å². The number of amides is 1. The summed E-state index contributed by atoms with van der Waals surface area (Å²) in [4.78, 5) is 35.2. The Morgan fingerprint density at radius 3 is 2.78 bits per heavy atom. The molecule has 2 unspecified atom stereocenters. The molecule has 5 rings (SSSR count). The van der Waals surface area contributed by atoms with Gasteiger partial charge in [0.05, 0.1) is 17.3 Å². The third kappa shape index (κ3) is 6.16. The van der Waals surface area contributed by atoms with Crippen LogP contribution in [0.25, 0.3) is 11.0 Å². The minimum atomic E-state index is -0.979. The first kappa shape index (κ1) is 26.1. The number of aromatic nitrogens is 2. The number of aryl methyl sites for hydroxylation is 1. The van der Waals surface area contributed by atoms with Gasteiger partial charge < -0.3 is 15.3 Å². The summed E-state index contributed by atoms with van der Waals surface area (Å²) in [6.45, 7) is 4.86. The van der Waals surface area contributed by atoms with Crippen molar-refractivity contribution in [2.24, 2.45) is 11.3 Å². The molecule has 2 aromatic heterocycles. The molecule has 1 saturated heterocycles. The van der Waals surface area contributed by atoms with Crippen LogP contribution in [0.15, 0.2) is 53.2 Å².